The highest BCUT2D eigenvalue weighted by atomic mass is 19.2. The summed E-state index contributed by atoms with van der Waals surface area (Å²) in [6, 6.07) is 12.5. The number of epoxide rings is 1. The molecule has 2 aliphatic rings. The predicted molar refractivity (Wildman–Crippen MR) is 122 cm³/mol. The lowest BCUT2D eigenvalue weighted by atomic mass is 9.90. The maximum atomic E-state index is 15.0. The molecule has 2 nitrogen and oxygen atoms in total. The highest BCUT2D eigenvalue weighted by molar-refractivity contribution is 5.71. The molecule has 0 radical (unpaired) electrons. The van der Waals surface area contributed by atoms with E-state index in [1.165, 1.54) is 12.1 Å². The van der Waals surface area contributed by atoms with Crippen molar-refractivity contribution in [2.24, 2.45) is 5.92 Å². The van der Waals surface area contributed by atoms with Crippen molar-refractivity contribution in [2.75, 3.05) is 13.2 Å². The first-order valence-corrected chi connectivity index (χ1v) is 11.8. The Hall–Kier alpha value is -2.70. The lowest BCUT2D eigenvalue weighted by molar-refractivity contribution is -0.0214. The number of halogens is 4. The molecule has 2 fully saturated rings. The van der Waals surface area contributed by atoms with Gasteiger partial charge in [-0.1, -0.05) is 61.9 Å². The van der Waals surface area contributed by atoms with E-state index in [9.17, 15) is 13.2 Å². The van der Waals surface area contributed by atoms with Crippen molar-refractivity contribution in [3.05, 3.63) is 82.9 Å². The average molecular weight is 471 g/mol. The van der Waals surface area contributed by atoms with E-state index in [1.807, 2.05) is 0 Å². The van der Waals surface area contributed by atoms with Gasteiger partial charge >= 0.3 is 0 Å². The maximum absolute atomic E-state index is 15.0. The molecule has 0 spiro atoms. The van der Waals surface area contributed by atoms with Crippen LogP contribution in [-0.4, -0.2) is 13.2 Å². The molecule has 0 aliphatic carbocycles. The topological polar surface area (TPSA) is 21.8 Å². The molecule has 0 aromatic heterocycles. The van der Waals surface area contributed by atoms with Crippen LogP contribution >= 0.6 is 0 Å². The molecule has 0 N–H and O–H groups in total. The molecule has 0 saturated carbocycles. The van der Waals surface area contributed by atoms with Gasteiger partial charge in [0.2, 0.25) is 0 Å². The van der Waals surface area contributed by atoms with Gasteiger partial charge in [0.05, 0.1) is 19.3 Å². The number of benzene rings is 3. The first-order valence-electron chi connectivity index (χ1n) is 11.8. The van der Waals surface area contributed by atoms with Gasteiger partial charge in [0.15, 0.2) is 23.3 Å². The molecule has 178 valence electrons. The molecule has 5 rings (SSSR count). The van der Waals surface area contributed by atoms with Gasteiger partial charge in [-0.2, -0.15) is 0 Å². The molecule has 6 heteroatoms. The van der Waals surface area contributed by atoms with E-state index in [0.717, 1.165) is 19.3 Å². The summed E-state index contributed by atoms with van der Waals surface area (Å²) < 4.78 is 69.9. The molecule has 3 atom stereocenters. The second-order valence-electron chi connectivity index (χ2n) is 9.11. The van der Waals surface area contributed by atoms with Crippen molar-refractivity contribution in [3.8, 4) is 22.3 Å². The average Bonchev–Trinajstić information content (AvgIpc) is 3.69. The minimum absolute atomic E-state index is 0.103. The Morgan fingerprint density at radius 3 is 1.59 bits per heavy atom. The fourth-order valence-electron chi connectivity index (χ4n) is 4.82. The molecule has 0 bridgehead atoms. The molecule has 3 aromatic rings. The second kappa shape index (κ2) is 9.51. The Bertz CT molecular complexity index is 1180. The zero-order chi connectivity index (χ0) is 23.8. The van der Waals surface area contributed by atoms with E-state index < -0.39 is 29.4 Å². The minimum atomic E-state index is -0.948. The summed E-state index contributed by atoms with van der Waals surface area (Å²) in [4.78, 5) is 0. The molecule has 3 unspecified atom stereocenters. The van der Waals surface area contributed by atoms with Crippen molar-refractivity contribution in [2.45, 2.75) is 44.8 Å². The van der Waals surface area contributed by atoms with Gasteiger partial charge in [0.25, 0.3) is 0 Å². The molecule has 0 amide bonds. The Morgan fingerprint density at radius 1 is 0.647 bits per heavy atom. The van der Waals surface area contributed by atoms with Crippen LogP contribution in [0.5, 0.6) is 0 Å². The number of hydrogen-bond acceptors (Lipinski definition) is 2. The van der Waals surface area contributed by atoms with Crippen molar-refractivity contribution < 1.29 is 27.0 Å². The monoisotopic (exact) mass is 470 g/mol. The fourth-order valence-corrected chi connectivity index (χ4v) is 4.82. The van der Waals surface area contributed by atoms with Crippen LogP contribution in [0.25, 0.3) is 22.3 Å². The first kappa shape index (κ1) is 23.1. The van der Waals surface area contributed by atoms with Crippen LogP contribution in [0.1, 0.15) is 55.9 Å². The lowest BCUT2D eigenvalue weighted by Crippen LogP contribution is -2.21. The van der Waals surface area contributed by atoms with Crippen LogP contribution in [0.15, 0.2) is 48.5 Å². The second-order valence-corrected chi connectivity index (χ2v) is 9.11. The number of hydrogen-bond donors (Lipinski definition) is 0. The normalized spacial score (nSPS) is 22.1. The molecule has 2 saturated heterocycles. The third-order valence-electron chi connectivity index (χ3n) is 6.83. The van der Waals surface area contributed by atoms with Gasteiger partial charge in [-0.05, 0) is 36.3 Å². The van der Waals surface area contributed by atoms with Crippen molar-refractivity contribution >= 4 is 0 Å². The van der Waals surface area contributed by atoms with E-state index in [-0.39, 0.29) is 28.4 Å². The van der Waals surface area contributed by atoms with E-state index in [1.54, 1.807) is 36.4 Å². The van der Waals surface area contributed by atoms with Crippen LogP contribution in [0.4, 0.5) is 17.6 Å². The standard InChI is InChI=1S/C28H26F4O2/c1-2-3-16-4-13-23(33-14-16)21-11-9-19(25(29)27(21)31)17-5-7-18(8-6-17)20-10-12-22(24-15-34-24)28(32)26(20)30/h5-12,16,23-24H,2-4,13-15H2,1H3. The Balaban J connectivity index is 1.37. The first-order chi connectivity index (χ1) is 16.5. The van der Waals surface area contributed by atoms with Crippen molar-refractivity contribution in [3.63, 3.8) is 0 Å². The summed E-state index contributed by atoms with van der Waals surface area (Å²) >= 11 is 0. The molecule has 34 heavy (non-hydrogen) atoms. The molecule has 2 heterocycles. The van der Waals surface area contributed by atoms with Crippen LogP contribution in [0.3, 0.4) is 0 Å². The molecular formula is C28H26F4O2. The van der Waals surface area contributed by atoms with Crippen LogP contribution in [0, 0.1) is 29.2 Å². The predicted octanol–water partition coefficient (Wildman–Crippen LogP) is 7.92. The van der Waals surface area contributed by atoms with Crippen LogP contribution in [-0.2, 0) is 9.47 Å². The SMILES string of the molecule is CCCC1CCC(c2ccc(-c3ccc(-c4ccc(C5CO5)c(F)c4F)cc3)c(F)c2F)OC1. The van der Waals surface area contributed by atoms with E-state index in [0.29, 0.717) is 36.7 Å². The van der Waals surface area contributed by atoms with Gasteiger partial charge in [0.1, 0.15) is 6.10 Å². The Morgan fingerprint density at radius 2 is 1.15 bits per heavy atom. The Labute approximate surface area is 196 Å². The summed E-state index contributed by atoms with van der Waals surface area (Å²) in [5, 5.41) is 0. The van der Waals surface area contributed by atoms with E-state index in [2.05, 4.69) is 6.92 Å². The third kappa shape index (κ3) is 4.37. The van der Waals surface area contributed by atoms with Gasteiger partial charge in [-0.15, -0.1) is 0 Å². The number of ether oxygens (including phenoxy) is 2. The summed E-state index contributed by atoms with van der Waals surface area (Å²) in [6.07, 6.45) is 2.94. The highest BCUT2D eigenvalue weighted by Gasteiger charge is 2.30. The maximum Gasteiger partial charge on any atom is 0.167 e. The number of rotatable bonds is 6. The highest BCUT2D eigenvalue weighted by Crippen LogP contribution is 2.38. The molecule has 2 aliphatic heterocycles. The smallest absolute Gasteiger partial charge is 0.167 e. The van der Waals surface area contributed by atoms with Gasteiger partial charge < -0.3 is 9.47 Å². The summed E-state index contributed by atoms with van der Waals surface area (Å²) in [6.45, 7) is 3.08. The summed E-state index contributed by atoms with van der Waals surface area (Å²) in [5.41, 5.74) is 1.55. The van der Waals surface area contributed by atoms with Gasteiger partial charge in [-0.3, -0.25) is 0 Å². The van der Waals surface area contributed by atoms with Crippen LogP contribution in [0.2, 0.25) is 0 Å². The molecule has 3 aromatic carbocycles. The summed E-state index contributed by atoms with van der Waals surface area (Å²) in [7, 11) is 0. The quantitative estimate of drug-likeness (QED) is 0.270. The largest absolute Gasteiger partial charge is 0.373 e. The van der Waals surface area contributed by atoms with Crippen LogP contribution < -0.4 is 0 Å². The summed E-state index contributed by atoms with van der Waals surface area (Å²) in [5.74, 6) is -3.22. The van der Waals surface area contributed by atoms with E-state index >= 15 is 4.39 Å². The zero-order valence-electron chi connectivity index (χ0n) is 18.9. The lowest BCUT2D eigenvalue weighted by Gasteiger charge is -2.29. The minimum Gasteiger partial charge on any atom is -0.373 e. The zero-order valence-corrected chi connectivity index (χ0v) is 18.9. The van der Waals surface area contributed by atoms with Gasteiger partial charge in [0, 0.05) is 22.3 Å². The third-order valence-corrected chi connectivity index (χ3v) is 6.83. The Kier molecular flexibility index (Phi) is 6.45. The van der Waals surface area contributed by atoms with E-state index in [4.69, 9.17) is 9.47 Å². The van der Waals surface area contributed by atoms with Gasteiger partial charge in [-0.25, -0.2) is 17.6 Å². The van der Waals surface area contributed by atoms with Crippen molar-refractivity contribution in [1.29, 1.82) is 0 Å². The van der Waals surface area contributed by atoms with Crippen molar-refractivity contribution in [1.82, 2.24) is 0 Å². The fraction of sp³-hybridized carbons (Fsp3) is 0.357. The molecular weight excluding hydrogens is 444 g/mol.